The number of carbonyl (C=O) groups excluding carboxylic acids is 1. The molecule has 2 amide bonds. The van der Waals surface area contributed by atoms with Crippen LogP contribution in [0.4, 0.5) is 10.5 Å². The maximum Gasteiger partial charge on any atom is 0.321 e. The number of amides is 2. The van der Waals surface area contributed by atoms with E-state index in [0.29, 0.717) is 24.3 Å². The molecule has 0 saturated carbocycles. The number of nitriles is 1. The van der Waals surface area contributed by atoms with Crippen LogP contribution in [0.3, 0.4) is 0 Å². The van der Waals surface area contributed by atoms with Gasteiger partial charge in [-0.15, -0.1) is 0 Å². The Hall–Kier alpha value is -2.84. The summed E-state index contributed by atoms with van der Waals surface area (Å²) in [5, 5.41) is 11.8. The van der Waals surface area contributed by atoms with Gasteiger partial charge in [0.2, 0.25) is 0 Å². The first-order valence-corrected chi connectivity index (χ1v) is 8.48. The van der Waals surface area contributed by atoms with Crippen LogP contribution < -0.4 is 5.32 Å². The molecule has 2 aromatic rings. The molecule has 1 fully saturated rings. The van der Waals surface area contributed by atoms with Crippen molar-refractivity contribution in [3.05, 3.63) is 65.2 Å². The first-order valence-electron chi connectivity index (χ1n) is 8.48. The van der Waals surface area contributed by atoms with Crippen LogP contribution in [0.5, 0.6) is 0 Å². The van der Waals surface area contributed by atoms with Crippen molar-refractivity contribution >= 4 is 11.7 Å². The number of piperazine rings is 1. The Balaban J connectivity index is 1.51. The van der Waals surface area contributed by atoms with E-state index >= 15 is 0 Å². The molecule has 1 heterocycles. The van der Waals surface area contributed by atoms with Crippen molar-refractivity contribution < 1.29 is 4.79 Å². The predicted molar refractivity (Wildman–Crippen MR) is 98.2 cm³/mol. The largest absolute Gasteiger partial charge is 0.322 e. The summed E-state index contributed by atoms with van der Waals surface area (Å²) >= 11 is 0. The summed E-state index contributed by atoms with van der Waals surface area (Å²) in [6.45, 7) is 6.15. The molecule has 2 aromatic carbocycles. The third kappa shape index (κ3) is 4.59. The molecule has 0 bridgehead atoms. The fourth-order valence-corrected chi connectivity index (χ4v) is 3.05. The minimum Gasteiger partial charge on any atom is -0.322 e. The van der Waals surface area contributed by atoms with E-state index in [9.17, 15) is 4.79 Å². The zero-order valence-electron chi connectivity index (χ0n) is 14.4. The summed E-state index contributed by atoms with van der Waals surface area (Å²) in [6, 6.07) is 17.5. The van der Waals surface area contributed by atoms with Crippen molar-refractivity contribution in [3.8, 4) is 6.07 Å². The van der Waals surface area contributed by atoms with Crippen molar-refractivity contribution in [2.75, 3.05) is 31.5 Å². The molecule has 5 nitrogen and oxygen atoms in total. The smallest absolute Gasteiger partial charge is 0.321 e. The summed E-state index contributed by atoms with van der Waals surface area (Å²) in [4.78, 5) is 16.6. The maximum atomic E-state index is 12.4. The summed E-state index contributed by atoms with van der Waals surface area (Å²) < 4.78 is 0. The van der Waals surface area contributed by atoms with E-state index in [1.807, 2.05) is 4.90 Å². The second-order valence-corrected chi connectivity index (χ2v) is 6.38. The fourth-order valence-electron chi connectivity index (χ4n) is 3.05. The standard InChI is InChI=1S/C20H22N4O/c1-16-4-2-6-18(12-16)15-23-8-10-24(11-9-23)20(25)22-19-7-3-5-17(13-19)14-21/h2-7,12-13H,8-11,15H2,1H3,(H,22,25). The number of benzene rings is 2. The molecule has 1 N–H and O–H groups in total. The summed E-state index contributed by atoms with van der Waals surface area (Å²) in [5.41, 5.74) is 3.79. The third-order valence-electron chi connectivity index (χ3n) is 4.39. The average molecular weight is 334 g/mol. The number of aryl methyl sites for hydroxylation is 1. The molecule has 1 aliphatic heterocycles. The molecule has 0 atom stereocenters. The minimum atomic E-state index is -0.106. The summed E-state index contributed by atoms with van der Waals surface area (Å²) in [5.74, 6) is 0. The molecule has 0 unspecified atom stereocenters. The van der Waals surface area contributed by atoms with Crippen LogP contribution in [0.2, 0.25) is 0 Å². The van der Waals surface area contributed by atoms with Gasteiger partial charge in [-0.05, 0) is 30.7 Å². The topological polar surface area (TPSA) is 59.4 Å². The zero-order chi connectivity index (χ0) is 17.6. The van der Waals surface area contributed by atoms with Gasteiger partial charge in [-0.25, -0.2) is 4.79 Å². The van der Waals surface area contributed by atoms with Gasteiger partial charge in [-0.1, -0.05) is 35.9 Å². The normalized spacial score (nSPS) is 14.8. The maximum absolute atomic E-state index is 12.4. The van der Waals surface area contributed by atoms with Crippen LogP contribution in [0.25, 0.3) is 0 Å². The van der Waals surface area contributed by atoms with Crippen molar-refractivity contribution in [1.82, 2.24) is 9.80 Å². The van der Waals surface area contributed by atoms with Crippen molar-refractivity contribution in [1.29, 1.82) is 5.26 Å². The monoisotopic (exact) mass is 334 g/mol. The van der Waals surface area contributed by atoms with Crippen LogP contribution in [0.1, 0.15) is 16.7 Å². The first kappa shape index (κ1) is 17.0. The highest BCUT2D eigenvalue weighted by molar-refractivity contribution is 5.89. The highest BCUT2D eigenvalue weighted by Gasteiger charge is 2.21. The van der Waals surface area contributed by atoms with E-state index in [2.05, 4.69) is 47.5 Å². The fraction of sp³-hybridized carbons (Fsp3) is 0.300. The number of anilines is 1. The van der Waals surface area contributed by atoms with Crippen LogP contribution in [0.15, 0.2) is 48.5 Å². The number of urea groups is 1. The van der Waals surface area contributed by atoms with Crippen LogP contribution >= 0.6 is 0 Å². The van der Waals surface area contributed by atoms with E-state index in [4.69, 9.17) is 5.26 Å². The lowest BCUT2D eigenvalue weighted by molar-refractivity contribution is 0.143. The Bertz CT molecular complexity index is 788. The molecule has 0 aromatic heterocycles. The Kier molecular flexibility index (Phi) is 5.32. The lowest BCUT2D eigenvalue weighted by Crippen LogP contribution is -2.49. The van der Waals surface area contributed by atoms with Crippen molar-refractivity contribution in [2.24, 2.45) is 0 Å². The summed E-state index contributed by atoms with van der Waals surface area (Å²) in [6.07, 6.45) is 0. The first-order chi connectivity index (χ1) is 12.1. The highest BCUT2D eigenvalue weighted by atomic mass is 16.2. The van der Waals surface area contributed by atoms with E-state index in [-0.39, 0.29) is 6.03 Å². The third-order valence-corrected chi connectivity index (χ3v) is 4.39. The SMILES string of the molecule is Cc1cccc(CN2CCN(C(=O)Nc3cccc(C#N)c3)CC2)c1. The van der Waals surface area contributed by atoms with E-state index in [1.165, 1.54) is 11.1 Å². The molecule has 1 saturated heterocycles. The van der Waals surface area contributed by atoms with Crippen LogP contribution in [-0.4, -0.2) is 42.0 Å². The molecule has 25 heavy (non-hydrogen) atoms. The highest BCUT2D eigenvalue weighted by Crippen LogP contribution is 2.13. The lowest BCUT2D eigenvalue weighted by Gasteiger charge is -2.34. The van der Waals surface area contributed by atoms with Gasteiger partial charge in [0.25, 0.3) is 0 Å². The lowest BCUT2D eigenvalue weighted by atomic mass is 10.1. The van der Waals surface area contributed by atoms with Gasteiger partial charge in [0.05, 0.1) is 11.6 Å². The van der Waals surface area contributed by atoms with Crippen molar-refractivity contribution in [2.45, 2.75) is 13.5 Å². The molecular formula is C20H22N4O. The molecule has 0 spiro atoms. The number of hydrogen-bond acceptors (Lipinski definition) is 3. The van der Waals surface area contributed by atoms with E-state index in [0.717, 1.165) is 19.6 Å². The second kappa shape index (κ2) is 7.82. The van der Waals surface area contributed by atoms with Gasteiger partial charge in [0.15, 0.2) is 0 Å². The Labute approximate surface area is 148 Å². The van der Waals surface area contributed by atoms with Crippen LogP contribution in [-0.2, 0) is 6.54 Å². The van der Waals surface area contributed by atoms with Gasteiger partial charge in [0.1, 0.15) is 0 Å². The number of nitrogens with zero attached hydrogens (tertiary/aromatic N) is 3. The number of rotatable bonds is 3. The van der Waals surface area contributed by atoms with E-state index < -0.39 is 0 Å². The number of nitrogens with one attached hydrogen (secondary N) is 1. The number of carbonyl (C=O) groups is 1. The van der Waals surface area contributed by atoms with Gasteiger partial charge in [0, 0.05) is 38.4 Å². The number of hydrogen-bond donors (Lipinski definition) is 1. The van der Waals surface area contributed by atoms with Gasteiger partial charge in [-0.3, -0.25) is 4.90 Å². The molecule has 3 rings (SSSR count). The Morgan fingerprint density at radius 1 is 1.12 bits per heavy atom. The molecule has 1 aliphatic rings. The zero-order valence-corrected chi connectivity index (χ0v) is 14.4. The molecular weight excluding hydrogens is 312 g/mol. The van der Waals surface area contributed by atoms with Crippen LogP contribution in [0, 0.1) is 18.3 Å². The second-order valence-electron chi connectivity index (χ2n) is 6.38. The quantitative estimate of drug-likeness (QED) is 0.937. The average Bonchev–Trinajstić information content (AvgIpc) is 2.62. The Morgan fingerprint density at radius 3 is 2.60 bits per heavy atom. The molecule has 128 valence electrons. The predicted octanol–water partition coefficient (Wildman–Crippen LogP) is 3.22. The Morgan fingerprint density at radius 2 is 1.88 bits per heavy atom. The van der Waals surface area contributed by atoms with E-state index in [1.54, 1.807) is 24.3 Å². The van der Waals surface area contributed by atoms with Crippen molar-refractivity contribution in [3.63, 3.8) is 0 Å². The molecule has 0 aliphatic carbocycles. The van der Waals surface area contributed by atoms with Gasteiger partial charge in [-0.2, -0.15) is 5.26 Å². The van der Waals surface area contributed by atoms with Gasteiger partial charge < -0.3 is 10.2 Å². The minimum absolute atomic E-state index is 0.106. The molecule has 5 heteroatoms. The molecule has 0 radical (unpaired) electrons. The van der Waals surface area contributed by atoms with Gasteiger partial charge >= 0.3 is 6.03 Å². The summed E-state index contributed by atoms with van der Waals surface area (Å²) in [7, 11) is 0.